The Kier molecular flexibility index (Phi) is 15.0. The summed E-state index contributed by atoms with van der Waals surface area (Å²) in [7, 11) is -0.0760. The van der Waals surface area contributed by atoms with Gasteiger partial charge in [0.2, 0.25) is 10.0 Å². The van der Waals surface area contributed by atoms with Crippen LogP contribution < -0.4 is 24.9 Å². The first kappa shape index (κ1) is 37.9. The van der Waals surface area contributed by atoms with E-state index in [1.165, 1.54) is 4.31 Å². The molecule has 2 aliphatic rings. The van der Waals surface area contributed by atoms with Crippen molar-refractivity contribution in [1.29, 1.82) is 0 Å². The summed E-state index contributed by atoms with van der Waals surface area (Å²) in [6, 6.07) is 15.9. The molecule has 1 amide bonds. The normalized spacial score (nSPS) is 16.8. The van der Waals surface area contributed by atoms with E-state index in [-0.39, 0.29) is 63.2 Å². The van der Waals surface area contributed by atoms with Gasteiger partial charge in [0.1, 0.15) is 5.75 Å². The molecule has 0 aliphatic carbocycles. The predicted octanol–water partition coefficient (Wildman–Crippen LogP) is 4.19. The molecular formula is C28H44Cl3N5O5S. The minimum Gasteiger partial charge on any atom is -0.494 e. The van der Waals surface area contributed by atoms with Crippen LogP contribution in [0.25, 0.3) is 0 Å². The fourth-order valence-corrected chi connectivity index (χ4v) is 7.43. The third-order valence-electron chi connectivity index (χ3n) is 7.86. The number of ether oxygens (including phenoxy) is 1. The number of hydrogen-bond donors (Lipinski definition) is 2. The lowest BCUT2D eigenvalue weighted by Gasteiger charge is -2.44. The van der Waals surface area contributed by atoms with Crippen molar-refractivity contribution in [1.82, 2.24) is 9.79 Å². The smallest absolute Gasteiger partial charge is 0.266 e. The van der Waals surface area contributed by atoms with Gasteiger partial charge in [-0.05, 0) is 67.8 Å². The van der Waals surface area contributed by atoms with E-state index < -0.39 is 20.7 Å². The number of benzene rings is 2. The van der Waals surface area contributed by atoms with Crippen molar-refractivity contribution >= 4 is 70.2 Å². The van der Waals surface area contributed by atoms with Crippen LogP contribution in [0.15, 0.2) is 48.5 Å². The summed E-state index contributed by atoms with van der Waals surface area (Å²) >= 11 is 0. The molecule has 0 radical (unpaired) electrons. The molecule has 2 aromatic rings. The number of piperazine rings is 1. The largest absolute Gasteiger partial charge is 0.494 e. The van der Waals surface area contributed by atoms with Crippen molar-refractivity contribution in [2.24, 2.45) is 0 Å². The van der Waals surface area contributed by atoms with Gasteiger partial charge in [-0.15, -0.1) is 37.2 Å². The molecule has 0 atom stereocenters. The molecule has 2 N–H and O–H groups in total. The number of unbranched alkanes of at least 4 members (excludes halogenated alkanes) is 1. The highest BCUT2D eigenvalue weighted by Crippen LogP contribution is 2.36. The topological polar surface area (TPSA) is 106 Å². The Hall–Kier alpha value is -2.15. The van der Waals surface area contributed by atoms with Crippen LogP contribution in [0.4, 0.5) is 17.1 Å². The lowest BCUT2D eigenvalue weighted by molar-refractivity contribution is -0.132. The lowest BCUT2D eigenvalue weighted by atomic mass is 9.94. The van der Waals surface area contributed by atoms with E-state index in [4.69, 9.17) is 4.74 Å². The molecule has 10 nitrogen and oxygen atoms in total. The quantitative estimate of drug-likeness (QED) is 0.221. The van der Waals surface area contributed by atoms with Crippen LogP contribution in [0.3, 0.4) is 0 Å². The third kappa shape index (κ3) is 8.06. The summed E-state index contributed by atoms with van der Waals surface area (Å²) in [5.41, 5.74) is 4.72. The van der Waals surface area contributed by atoms with Crippen LogP contribution in [0.2, 0.25) is 0 Å². The predicted molar refractivity (Wildman–Crippen MR) is 176 cm³/mol. The van der Waals surface area contributed by atoms with E-state index in [0.29, 0.717) is 32.8 Å². The molecule has 0 spiro atoms. The van der Waals surface area contributed by atoms with Crippen molar-refractivity contribution in [2.45, 2.75) is 37.4 Å². The number of hydroxylamine groups is 1. The number of nitrogens with one attached hydrogen (secondary N) is 1. The average molecular weight is 669 g/mol. The highest BCUT2D eigenvalue weighted by atomic mass is 35.5. The van der Waals surface area contributed by atoms with Gasteiger partial charge < -0.3 is 19.4 Å². The second-order valence-corrected chi connectivity index (χ2v) is 12.7. The number of sulfonamides is 1. The Labute approximate surface area is 268 Å². The van der Waals surface area contributed by atoms with Crippen molar-refractivity contribution in [3.63, 3.8) is 0 Å². The van der Waals surface area contributed by atoms with E-state index >= 15 is 0 Å². The Morgan fingerprint density at radius 3 is 1.86 bits per heavy atom. The second-order valence-electron chi connectivity index (χ2n) is 10.4. The van der Waals surface area contributed by atoms with Crippen molar-refractivity contribution in [2.75, 3.05) is 74.7 Å². The first-order valence-corrected chi connectivity index (χ1v) is 15.1. The molecule has 2 heterocycles. The van der Waals surface area contributed by atoms with Crippen molar-refractivity contribution in [3.8, 4) is 5.75 Å². The Balaban J connectivity index is 0.00000294. The zero-order valence-corrected chi connectivity index (χ0v) is 27.7. The highest BCUT2D eigenvalue weighted by molar-refractivity contribution is 7.91. The van der Waals surface area contributed by atoms with Gasteiger partial charge >= 0.3 is 0 Å². The number of halogens is 3. The SMILES string of the molecule is CCCCOc1ccc(N2CCN(S(=O)(=O)C3(C(=O)NO)CCN(c4ccc(N(C)C)cc4)CC3)CC2)cc1.Cl.Cl.Cl. The minimum absolute atomic E-state index is 0. The van der Waals surface area contributed by atoms with E-state index in [1.54, 1.807) is 5.48 Å². The molecule has 2 saturated heterocycles. The molecule has 238 valence electrons. The highest BCUT2D eigenvalue weighted by Gasteiger charge is 2.55. The number of piperidine rings is 1. The molecule has 0 saturated carbocycles. The van der Waals surface area contributed by atoms with Crippen LogP contribution >= 0.6 is 37.2 Å². The lowest BCUT2D eigenvalue weighted by Crippen LogP contribution is -2.63. The monoisotopic (exact) mass is 667 g/mol. The van der Waals surface area contributed by atoms with Crippen LogP contribution in [-0.4, -0.2) is 88.6 Å². The summed E-state index contributed by atoms with van der Waals surface area (Å²) in [6.45, 7) is 5.16. The first-order chi connectivity index (χ1) is 18.7. The van der Waals surface area contributed by atoms with Gasteiger partial charge in [-0.2, -0.15) is 4.31 Å². The summed E-state index contributed by atoms with van der Waals surface area (Å²) in [6.07, 6.45) is 2.28. The molecule has 2 fully saturated rings. The number of amides is 1. The number of nitrogens with zero attached hydrogens (tertiary/aromatic N) is 4. The summed E-state index contributed by atoms with van der Waals surface area (Å²) < 4.78 is 33.3. The molecular weight excluding hydrogens is 625 g/mol. The maximum atomic E-state index is 13.9. The van der Waals surface area contributed by atoms with E-state index in [0.717, 1.165) is 35.7 Å². The fraction of sp³-hybridized carbons (Fsp3) is 0.536. The molecule has 4 rings (SSSR count). The fourth-order valence-electron chi connectivity index (χ4n) is 5.31. The standard InChI is InChI=1S/C28H41N5O5S.3ClH/c1-4-5-22-38-26-12-10-25(11-13-26)32-18-20-33(21-19-32)39(36,37)28(27(34)29-35)14-16-31(17-15-28)24-8-6-23(7-9-24)30(2)3;;;/h6-13,35H,4-5,14-22H2,1-3H3,(H,29,34);3*1H. The molecule has 0 unspecified atom stereocenters. The van der Waals surface area contributed by atoms with Crippen LogP contribution in [0.1, 0.15) is 32.6 Å². The number of hydrogen-bond acceptors (Lipinski definition) is 8. The van der Waals surface area contributed by atoms with Gasteiger partial charge in [0.25, 0.3) is 5.91 Å². The molecule has 42 heavy (non-hydrogen) atoms. The maximum absolute atomic E-state index is 13.9. The second kappa shape index (κ2) is 16.6. The Morgan fingerprint density at radius 2 is 1.38 bits per heavy atom. The first-order valence-electron chi connectivity index (χ1n) is 13.7. The van der Waals surface area contributed by atoms with E-state index in [1.807, 2.05) is 67.5 Å². The van der Waals surface area contributed by atoms with Crippen molar-refractivity contribution < 1.29 is 23.2 Å². The minimum atomic E-state index is -4.03. The van der Waals surface area contributed by atoms with E-state index in [2.05, 4.69) is 16.7 Å². The maximum Gasteiger partial charge on any atom is 0.266 e. The third-order valence-corrected chi connectivity index (χ3v) is 10.5. The number of rotatable bonds is 10. The van der Waals surface area contributed by atoms with E-state index in [9.17, 15) is 18.4 Å². The zero-order valence-electron chi connectivity index (χ0n) is 24.4. The van der Waals surface area contributed by atoms with Crippen LogP contribution in [0, 0.1) is 0 Å². The Bertz CT molecular complexity index is 1200. The number of carbonyl (C=O) groups is 1. The summed E-state index contributed by atoms with van der Waals surface area (Å²) in [5, 5.41) is 9.54. The van der Waals surface area contributed by atoms with Gasteiger partial charge in [-0.3, -0.25) is 10.0 Å². The number of anilines is 3. The van der Waals surface area contributed by atoms with Crippen LogP contribution in [0.5, 0.6) is 5.75 Å². The zero-order chi connectivity index (χ0) is 28.0. The molecule has 2 aliphatic heterocycles. The Morgan fingerprint density at radius 1 is 0.881 bits per heavy atom. The molecule has 14 heteroatoms. The average Bonchev–Trinajstić information content (AvgIpc) is 2.97. The van der Waals surface area contributed by atoms with Crippen LogP contribution in [-0.2, 0) is 14.8 Å². The summed E-state index contributed by atoms with van der Waals surface area (Å²) in [5.74, 6) is -0.0310. The van der Waals surface area contributed by atoms with Gasteiger partial charge in [0.05, 0.1) is 6.61 Å². The molecule has 0 aromatic heterocycles. The van der Waals surface area contributed by atoms with Gasteiger partial charge in [0, 0.05) is 70.4 Å². The van der Waals surface area contributed by atoms with Gasteiger partial charge in [-0.25, -0.2) is 13.9 Å². The summed E-state index contributed by atoms with van der Waals surface area (Å²) in [4.78, 5) is 19.2. The molecule has 2 aromatic carbocycles. The van der Waals surface area contributed by atoms with Gasteiger partial charge in [0.15, 0.2) is 4.75 Å². The van der Waals surface area contributed by atoms with Gasteiger partial charge in [-0.1, -0.05) is 13.3 Å². The van der Waals surface area contributed by atoms with Crippen molar-refractivity contribution in [3.05, 3.63) is 48.5 Å². The number of carbonyl (C=O) groups excluding carboxylic acids is 1. The molecule has 0 bridgehead atoms.